The highest BCUT2D eigenvalue weighted by atomic mass is 16.2. The van der Waals surface area contributed by atoms with Crippen molar-refractivity contribution in [3.05, 3.63) is 90.5 Å². The number of hydrogen-bond donors (Lipinski definition) is 1. The molecule has 2 aromatic heterocycles. The lowest BCUT2D eigenvalue weighted by Crippen LogP contribution is -2.12. The van der Waals surface area contributed by atoms with Gasteiger partial charge in [-0.1, -0.05) is 41.6 Å². The van der Waals surface area contributed by atoms with E-state index in [0.717, 1.165) is 11.3 Å². The molecule has 0 unspecified atom stereocenters. The molecule has 2 aromatic carbocycles. The van der Waals surface area contributed by atoms with Crippen LogP contribution in [0, 0.1) is 0 Å². The maximum atomic E-state index is 12.4. The normalized spacial score (nSPS) is 10.6. The number of nitrogens with one attached hydrogen (secondary N) is 1. The molecular weight excluding hydrogens is 328 g/mol. The van der Waals surface area contributed by atoms with E-state index >= 15 is 0 Å². The Bertz CT molecular complexity index is 1010. The minimum absolute atomic E-state index is 0.269. The summed E-state index contributed by atoms with van der Waals surface area (Å²) in [5.74, 6) is -0.304. The van der Waals surface area contributed by atoms with Gasteiger partial charge in [0, 0.05) is 18.1 Å². The van der Waals surface area contributed by atoms with Gasteiger partial charge < -0.3 is 5.32 Å². The van der Waals surface area contributed by atoms with Crippen LogP contribution in [-0.2, 0) is 6.54 Å². The van der Waals surface area contributed by atoms with Crippen LogP contribution in [-0.4, -0.2) is 30.7 Å². The Hall–Kier alpha value is -3.74. The van der Waals surface area contributed by atoms with E-state index < -0.39 is 0 Å². The molecule has 0 saturated heterocycles. The molecule has 0 atom stereocenters. The fourth-order valence-electron chi connectivity index (χ4n) is 2.59. The standard InChI is InChI=1S/C19H16N6O/c26-19(18-14-24(23-22-18)13-15-6-2-1-3-7-15)21-16-8-4-9-17(12-16)25-11-5-10-20-25/h1-12,14H,13H2,(H,21,26). The summed E-state index contributed by atoms with van der Waals surface area (Å²) in [6.45, 7) is 0.565. The highest BCUT2D eigenvalue weighted by molar-refractivity contribution is 6.02. The molecule has 0 aliphatic rings. The van der Waals surface area contributed by atoms with Gasteiger partial charge >= 0.3 is 0 Å². The van der Waals surface area contributed by atoms with Crippen molar-refractivity contribution in [2.75, 3.05) is 5.32 Å². The van der Waals surface area contributed by atoms with E-state index in [2.05, 4.69) is 20.7 Å². The van der Waals surface area contributed by atoms with E-state index in [-0.39, 0.29) is 11.6 Å². The van der Waals surface area contributed by atoms with Crippen molar-refractivity contribution in [3.8, 4) is 5.69 Å². The molecule has 0 radical (unpaired) electrons. The zero-order valence-corrected chi connectivity index (χ0v) is 13.9. The van der Waals surface area contributed by atoms with Gasteiger partial charge in [-0.15, -0.1) is 5.10 Å². The zero-order chi connectivity index (χ0) is 17.8. The predicted octanol–water partition coefficient (Wildman–Crippen LogP) is 2.76. The first kappa shape index (κ1) is 15.8. The summed E-state index contributed by atoms with van der Waals surface area (Å²) in [6.07, 6.45) is 5.19. The molecule has 0 aliphatic carbocycles. The van der Waals surface area contributed by atoms with Gasteiger partial charge in [-0.2, -0.15) is 5.10 Å². The van der Waals surface area contributed by atoms with Crippen molar-refractivity contribution < 1.29 is 4.79 Å². The SMILES string of the molecule is O=C(Nc1cccc(-n2cccn2)c1)c1cn(Cc2ccccc2)nn1. The number of anilines is 1. The Morgan fingerprint density at radius 2 is 1.92 bits per heavy atom. The van der Waals surface area contributed by atoms with Crippen molar-refractivity contribution >= 4 is 11.6 Å². The Labute approximate surface area is 149 Å². The fourth-order valence-corrected chi connectivity index (χ4v) is 2.59. The van der Waals surface area contributed by atoms with E-state index in [0.29, 0.717) is 12.2 Å². The van der Waals surface area contributed by atoms with E-state index in [9.17, 15) is 4.79 Å². The number of hydrogen-bond acceptors (Lipinski definition) is 4. The van der Waals surface area contributed by atoms with Crippen LogP contribution in [0.3, 0.4) is 0 Å². The molecule has 0 fully saturated rings. The molecule has 2 heterocycles. The molecule has 26 heavy (non-hydrogen) atoms. The molecule has 0 bridgehead atoms. The Balaban J connectivity index is 1.46. The summed E-state index contributed by atoms with van der Waals surface area (Å²) < 4.78 is 3.37. The number of carbonyl (C=O) groups is 1. The van der Waals surface area contributed by atoms with Gasteiger partial charge in [0.1, 0.15) is 0 Å². The third-order valence-corrected chi connectivity index (χ3v) is 3.83. The van der Waals surface area contributed by atoms with Gasteiger partial charge in [0.2, 0.25) is 0 Å². The summed E-state index contributed by atoms with van der Waals surface area (Å²) in [7, 11) is 0. The number of aromatic nitrogens is 5. The maximum absolute atomic E-state index is 12.4. The third kappa shape index (κ3) is 3.51. The van der Waals surface area contributed by atoms with Crippen LogP contribution in [0.5, 0.6) is 0 Å². The van der Waals surface area contributed by atoms with Crippen LogP contribution in [0.2, 0.25) is 0 Å². The number of nitrogens with zero attached hydrogens (tertiary/aromatic N) is 5. The summed E-state index contributed by atoms with van der Waals surface area (Å²) >= 11 is 0. The van der Waals surface area contributed by atoms with Crippen LogP contribution < -0.4 is 5.32 Å². The summed E-state index contributed by atoms with van der Waals surface area (Å²) in [5, 5.41) is 15.0. The maximum Gasteiger partial charge on any atom is 0.277 e. The van der Waals surface area contributed by atoms with Crippen molar-refractivity contribution in [2.45, 2.75) is 6.54 Å². The molecule has 0 aliphatic heterocycles. The molecule has 1 amide bonds. The first-order valence-corrected chi connectivity index (χ1v) is 8.13. The van der Waals surface area contributed by atoms with Crippen molar-refractivity contribution in [2.24, 2.45) is 0 Å². The van der Waals surface area contributed by atoms with Crippen molar-refractivity contribution in [1.29, 1.82) is 0 Å². The highest BCUT2D eigenvalue weighted by Crippen LogP contribution is 2.14. The summed E-state index contributed by atoms with van der Waals surface area (Å²) in [4.78, 5) is 12.4. The lowest BCUT2D eigenvalue weighted by molar-refractivity contribution is 0.102. The Kier molecular flexibility index (Phi) is 4.26. The quantitative estimate of drug-likeness (QED) is 0.604. The topological polar surface area (TPSA) is 77.6 Å². The molecule has 0 spiro atoms. The van der Waals surface area contributed by atoms with E-state index in [1.807, 2.05) is 66.9 Å². The number of carbonyl (C=O) groups excluding carboxylic acids is 1. The van der Waals surface area contributed by atoms with Gasteiger partial charge in [0.15, 0.2) is 5.69 Å². The molecule has 1 N–H and O–H groups in total. The van der Waals surface area contributed by atoms with E-state index in [1.165, 1.54) is 0 Å². The fraction of sp³-hybridized carbons (Fsp3) is 0.0526. The third-order valence-electron chi connectivity index (χ3n) is 3.83. The van der Waals surface area contributed by atoms with Gasteiger partial charge in [-0.25, -0.2) is 9.36 Å². The average Bonchev–Trinajstić information content (AvgIpc) is 3.35. The lowest BCUT2D eigenvalue weighted by atomic mass is 10.2. The minimum Gasteiger partial charge on any atom is -0.320 e. The average molecular weight is 344 g/mol. The summed E-state index contributed by atoms with van der Waals surface area (Å²) in [6, 6.07) is 19.2. The van der Waals surface area contributed by atoms with Crippen LogP contribution in [0.1, 0.15) is 16.1 Å². The van der Waals surface area contributed by atoms with E-state index in [4.69, 9.17) is 0 Å². The van der Waals surface area contributed by atoms with Crippen molar-refractivity contribution in [3.63, 3.8) is 0 Å². The van der Waals surface area contributed by atoms with Gasteiger partial charge in [-0.05, 0) is 29.8 Å². The predicted molar refractivity (Wildman–Crippen MR) is 97.1 cm³/mol. The Morgan fingerprint density at radius 3 is 2.73 bits per heavy atom. The first-order chi connectivity index (χ1) is 12.8. The van der Waals surface area contributed by atoms with Crippen LogP contribution in [0.25, 0.3) is 5.69 Å². The minimum atomic E-state index is -0.304. The second-order valence-electron chi connectivity index (χ2n) is 5.74. The van der Waals surface area contributed by atoms with Gasteiger partial charge in [-0.3, -0.25) is 4.79 Å². The second-order valence-corrected chi connectivity index (χ2v) is 5.74. The molecule has 0 saturated carbocycles. The van der Waals surface area contributed by atoms with Gasteiger partial charge in [0.05, 0.1) is 18.4 Å². The van der Waals surface area contributed by atoms with Crippen molar-refractivity contribution in [1.82, 2.24) is 24.8 Å². The van der Waals surface area contributed by atoms with Gasteiger partial charge in [0.25, 0.3) is 5.91 Å². The largest absolute Gasteiger partial charge is 0.320 e. The van der Waals surface area contributed by atoms with Crippen LogP contribution in [0.4, 0.5) is 5.69 Å². The number of benzene rings is 2. The number of amides is 1. The molecule has 7 nitrogen and oxygen atoms in total. The molecule has 4 aromatic rings. The lowest BCUT2D eigenvalue weighted by Gasteiger charge is -2.06. The molecule has 7 heteroatoms. The smallest absolute Gasteiger partial charge is 0.277 e. The number of rotatable bonds is 5. The zero-order valence-electron chi connectivity index (χ0n) is 13.9. The molecular formula is C19H16N6O. The van der Waals surface area contributed by atoms with Crippen LogP contribution >= 0.6 is 0 Å². The second kappa shape index (κ2) is 7.02. The molecule has 4 rings (SSSR count). The monoisotopic (exact) mass is 344 g/mol. The Morgan fingerprint density at radius 1 is 1.04 bits per heavy atom. The molecule has 128 valence electrons. The van der Waals surface area contributed by atoms with E-state index in [1.54, 1.807) is 21.8 Å². The summed E-state index contributed by atoms with van der Waals surface area (Å²) in [5.41, 5.74) is 2.89. The first-order valence-electron chi connectivity index (χ1n) is 8.13. The van der Waals surface area contributed by atoms with Crippen LogP contribution in [0.15, 0.2) is 79.3 Å². The highest BCUT2D eigenvalue weighted by Gasteiger charge is 2.12.